The van der Waals surface area contributed by atoms with Crippen LogP contribution in [0.15, 0.2) is 24.3 Å². The Morgan fingerprint density at radius 3 is 2.21 bits per heavy atom. The molecule has 1 aromatic rings. The molecule has 1 aromatic carbocycles. The highest BCUT2D eigenvalue weighted by molar-refractivity contribution is 7.80. The number of amides is 1. The van der Waals surface area contributed by atoms with E-state index in [1.807, 2.05) is 0 Å². The molecule has 2 saturated heterocycles. The third kappa shape index (κ3) is 5.67. The number of aryl methyl sites for hydroxylation is 1. The second-order valence-electron chi connectivity index (χ2n) is 8.49. The number of carbonyl (C=O) groups is 1. The van der Waals surface area contributed by atoms with Gasteiger partial charge in [-0.05, 0) is 54.6 Å². The minimum Gasteiger partial charge on any atom is -0.346 e. The number of nitrogens with one attached hydrogen (secondary N) is 1. The molecule has 6 heteroatoms. The van der Waals surface area contributed by atoms with Crippen molar-refractivity contribution in [1.82, 2.24) is 14.7 Å². The van der Waals surface area contributed by atoms with Crippen molar-refractivity contribution in [3.8, 4) is 0 Å². The molecule has 3 rings (SSSR count). The summed E-state index contributed by atoms with van der Waals surface area (Å²) in [5.74, 6) is 1.50. The van der Waals surface area contributed by atoms with Gasteiger partial charge in [0.05, 0.1) is 6.54 Å². The lowest BCUT2D eigenvalue weighted by molar-refractivity contribution is -0.135. The van der Waals surface area contributed by atoms with E-state index in [4.69, 9.17) is 12.2 Å². The molecule has 28 heavy (non-hydrogen) atoms. The molecule has 2 aliphatic heterocycles. The summed E-state index contributed by atoms with van der Waals surface area (Å²) >= 11 is 5.59. The average molecular weight is 403 g/mol. The molecule has 1 N–H and O–H groups in total. The van der Waals surface area contributed by atoms with E-state index >= 15 is 0 Å². The predicted octanol–water partition coefficient (Wildman–Crippen LogP) is 3.07. The van der Waals surface area contributed by atoms with Crippen LogP contribution in [-0.4, -0.2) is 71.5 Å². The first-order chi connectivity index (χ1) is 13.4. The summed E-state index contributed by atoms with van der Waals surface area (Å²) in [6.07, 6.45) is 2.27. The zero-order valence-corrected chi connectivity index (χ0v) is 18.3. The Hall–Kier alpha value is -1.66. The van der Waals surface area contributed by atoms with Gasteiger partial charge in [-0.3, -0.25) is 9.69 Å². The fourth-order valence-corrected chi connectivity index (χ4v) is 4.59. The van der Waals surface area contributed by atoms with E-state index < -0.39 is 0 Å². The summed E-state index contributed by atoms with van der Waals surface area (Å²) in [6.45, 7) is 12.5. The number of benzene rings is 1. The Morgan fingerprint density at radius 2 is 1.64 bits per heavy atom. The van der Waals surface area contributed by atoms with Crippen molar-refractivity contribution in [3.05, 3.63) is 29.8 Å². The molecule has 1 amide bonds. The summed E-state index contributed by atoms with van der Waals surface area (Å²) in [5, 5.41) is 4.12. The predicted molar refractivity (Wildman–Crippen MR) is 120 cm³/mol. The maximum absolute atomic E-state index is 12.7. The average Bonchev–Trinajstić information content (AvgIpc) is 2.68. The second-order valence-corrected chi connectivity index (χ2v) is 8.88. The van der Waals surface area contributed by atoms with Crippen LogP contribution in [0.5, 0.6) is 0 Å². The Balaban J connectivity index is 1.43. The van der Waals surface area contributed by atoms with Crippen molar-refractivity contribution >= 4 is 28.9 Å². The monoisotopic (exact) mass is 402 g/mol. The summed E-state index contributed by atoms with van der Waals surface area (Å²) in [5.41, 5.74) is 2.36. The highest BCUT2D eigenvalue weighted by Gasteiger charge is 2.27. The minimum absolute atomic E-state index is 0.281. The lowest BCUT2D eigenvalue weighted by Gasteiger charge is -2.39. The van der Waals surface area contributed by atoms with Gasteiger partial charge in [0.1, 0.15) is 0 Å². The highest BCUT2D eigenvalue weighted by atomic mass is 32.1. The van der Waals surface area contributed by atoms with Crippen LogP contribution in [0.4, 0.5) is 5.69 Å². The van der Waals surface area contributed by atoms with E-state index in [0.717, 1.165) is 56.5 Å². The number of piperazine rings is 1. The van der Waals surface area contributed by atoms with Crippen LogP contribution in [0.2, 0.25) is 0 Å². The van der Waals surface area contributed by atoms with Gasteiger partial charge in [-0.25, -0.2) is 0 Å². The van der Waals surface area contributed by atoms with Gasteiger partial charge in [-0.15, -0.1) is 0 Å². The zero-order chi connectivity index (χ0) is 20.1. The molecule has 0 aliphatic carbocycles. The molecule has 0 bridgehead atoms. The Kier molecular flexibility index (Phi) is 7.30. The van der Waals surface area contributed by atoms with Crippen molar-refractivity contribution in [2.75, 3.05) is 51.1 Å². The van der Waals surface area contributed by atoms with Crippen molar-refractivity contribution in [1.29, 1.82) is 0 Å². The Labute approximate surface area is 175 Å². The zero-order valence-electron chi connectivity index (χ0n) is 17.5. The number of carbonyl (C=O) groups excluding carboxylic acids is 1. The van der Waals surface area contributed by atoms with Crippen LogP contribution in [0.25, 0.3) is 0 Å². The van der Waals surface area contributed by atoms with Crippen molar-refractivity contribution in [3.63, 3.8) is 0 Å². The van der Waals surface area contributed by atoms with Crippen molar-refractivity contribution < 1.29 is 4.79 Å². The topological polar surface area (TPSA) is 38.8 Å². The molecule has 0 radical (unpaired) electrons. The first kappa shape index (κ1) is 21.1. The van der Waals surface area contributed by atoms with Crippen LogP contribution in [0.1, 0.15) is 32.8 Å². The highest BCUT2D eigenvalue weighted by Crippen LogP contribution is 2.21. The summed E-state index contributed by atoms with van der Waals surface area (Å²) in [7, 11) is 0. The normalized spacial score (nSPS) is 23.5. The molecule has 2 atom stereocenters. The second kappa shape index (κ2) is 9.70. The van der Waals surface area contributed by atoms with Gasteiger partial charge in [0.15, 0.2) is 5.11 Å². The summed E-state index contributed by atoms with van der Waals surface area (Å²) in [4.78, 5) is 19.2. The molecular weight excluding hydrogens is 368 g/mol. The molecule has 0 saturated carbocycles. The number of nitrogens with zero attached hydrogens (tertiary/aromatic N) is 3. The summed E-state index contributed by atoms with van der Waals surface area (Å²) in [6, 6.07) is 8.44. The Bertz CT molecular complexity index is 660. The van der Waals surface area contributed by atoms with E-state index in [9.17, 15) is 4.79 Å². The molecule has 2 aliphatic rings. The van der Waals surface area contributed by atoms with Gasteiger partial charge in [0, 0.05) is 45.0 Å². The minimum atomic E-state index is 0.281. The molecule has 2 heterocycles. The molecule has 2 fully saturated rings. The van der Waals surface area contributed by atoms with Crippen molar-refractivity contribution in [2.24, 2.45) is 11.8 Å². The number of hydrogen-bond donors (Lipinski definition) is 1. The lowest BCUT2D eigenvalue weighted by Crippen LogP contribution is -2.53. The van der Waals surface area contributed by atoms with Gasteiger partial charge in [0.2, 0.25) is 5.91 Å². The maximum atomic E-state index is 12.7. The smallest absolute Gasteiger partial charge is 0.236 e. The van der Waals surface area contributed by atoms with Crippen LogP contribution in [0, 0.1) is 11.8 Å². The molecule has 154 valence electrons. The Morgan fingerprint density at radius 1 is 1.04 bits per heavy atom. The molecule has 0 spiro atoms. The fourth-order valence-electron chi connectivity index (χ4n) is 4.29. The first-order valence-corrected chi connectivity index (χ1v) is 11.0. The van der Waals surface area contributed by atoms with Gasteiger partial charge in [-0.1, -0.05) is 32.9 Å². The number of thiocarbonyl (C=S) groups is 1. The largest absolute Gasteiger partial charge is 0.346 e. The number of anilines is 1. The van der Waals surface area contributed by atoms with Crippen LogP contribution in [0.3, 0.4) is 0 Å². The fraction of sp³-hybridized carbons (Fsp3) is 0.636. The maximum Gasteiger partial charge on any atom is 0.236 e. The molecule has 0 aromatic heterocycles. The standard InChI is InChI=1S/C22H34N4OS/c1-4-19-5-7-20(8-6-19)23-22(28)25-11-9-24(10-12-25)16-21(27)26-14-17(2)13-18(3)15-26/h5-8,17-18H,4,9-16H2,1-3H3,(H,23,28)/t17-,18+. The van der Waals surface area contributed by atoms with Gasteiger partial charge < -0.3 is 15.1 Å². The number of piperidine rings is 1. The molecule has 5 nitrogen and oxygen atoms in total. The third-order valence-electron chi connectivity index (χ3n) is 5.85. The SMILES string of the molecule is CCc1ccc(NC(=S)N2CCN(CC(=O)N3C[C@H](C)C[C@H](C)C3)CC2)cc1. The van der Waals surface area contributed by atoms with Gasteiger partial charge >= 0.3 is 0 Å². The van der Waals surface area contributed by atoms with E-state index in [1.165, 1.54) is 12.0 Å². The lowest BCUT2D eigenvalue weighted by atomic mass is 9.92. The van der Waals surface area contributed by atoms with Crippen LogP contribution in [-0.2, 0) is 11.2 Å². The number of likely N-dealkylation sites (tertiary alicyclic amines) is 1. The first-order valence-electron chi connectivity index (χ1n) is 10.6. The number of hydrogen-bond acceptors (Lipinski definition) is 3. The molecular formula is C22H34N4OS. The summed E-state index contributed by atoms with van der Waals surface area (Å²) < 4.78 is 0. The van der Waals surface area contributed by atoms with E-state index in [-0.39, 0.29) is 5.91 Å². The van der Waals surface area contributed by atoms with E-state index in [2.05, 4.69) is 65.1 Å². The van der Waals surface area contributed by atoms with Gasteiger partial charge in [0.25, 0.3) is 0 Å². The third-order valence-corrected chi connectivity index (χ3v) is 6.21. The van der Waals surface area contributed by atoms with E-state index in [0.29, 0.717) is 18.4 Å². The molecule has 0 unspecified atom stereocenters. The quantitative estimate of drug-likeness (QED) is 0.784. The van der Waals surface area contributed by atoms with Crippen LogP contribution >= 0.6 is 12.2 Å². The van der Waals surface area contributed by atoms with E-state index in [1.54, 1.807) is 0 Å². The van der Waals surface area contributed by atoms with Gasteiger partial charge in [-0.2, -0.15) is 0 Å². The van der Waals surface area contributed by atoms with Crippen LogP contribution < -0.4 is 5.32 Å². The van der Waals surface area contributed by atoms with Crippen molar-refractivity contribution in [2.45, 2.75) is 33.6 Å². The number of rotatable bonds is 4.